The zero-order chi connectivity index (χ0) is 17.7. The number of benzene rings is 1. The molecule has 0 unspecified atom stereocenters. The number of carboxylic acids is 1. The van der Waals surface area contributed by atoms with E-state index in [1.807, 2.05) is 6.92 Å². The molecule has 1 aromatic carbocycles. The highest BCUT2D eigenvalue weighted by atomic mass is 16.5. The van der Waals surface area contributed by atoms with Crippen LogP contribution in [0.3, 0.4) is 0 Å². The third-order valence-electron chi connectivity index (χ3n) is 3.85. The summed E-state index contributed by atoms with van der Waals surface area (Å²) in [6, 6.07) is 4.20. The van der Waals surface area contributed by atoms with Crippen molar-refractivity contribution in [3.05, 3.63) is 23.9 Å². The Balaban J connectivity index is 2.30. The van der Waals surface area contributed by atoms with Crippen LogP contribution < -0.4 is 14.8 Å². The molecule has 2 aromatic rings. The van der Waals surface area contributed by atoms with E-state index in [4.69, 9.17) is 9.47 Å². The lowest BCUT2D eigenvalue weighted by molar-refractivity contribution is -0.139. The average Bonchev–Trinajstić information content (AvgIpc) is 3.02. The number of fused-ring (bicyclic) bond motifs is 1. The standard InChI is InChI=1S/C17H22N2O5/c1-4-5-6-11(17(21)22)19-16(20)12-9-10-13(23-2)7-8-14(24-3)15(10)18-12/h7-9,11,18H,4-6H2,1-3H3,(H,19,20)(H,21,22)/t11-/m1/s1. The molecule has 7 nitrogen and oxygen atoms in total. The van der Waals surface area contributed by atoms with E-state index in [0.717, 1.165) is 12.8 Å². The molecular weight excluding hydrogens is 312 g/mol. The minimum atomic E-state index is -1.04. The molecule has 1 amide bonds. The van der Waals surface area contributed by atoms with Crippen LogP contribution >= 0.6 is 0 Å². The van der Waals surface area contributed by atoms with Crippen LogP contribution in [-0.2, 0) is 4.79 Å². The van der Waals surface area contributed by atoms with E-state index in [-0.39, 0.29) is 5.69 Å². The third kappa shape index (κ3) is 3.61. The lowest BCUT2D eigenvalue weighted by Gasteiger charge is -2.13. The number of carbonyl (C=O) groups excluding carboxylic acids is 1. The molecule has 1 heterocycles. The quantitative estimate of drug-likeness (QED) is 0.689. The molecule has 7 heteroatoms. The molecular formula is C17H22N2O5. The molecule has 24 heavy (non-hydrogen) atoms. The zero-order valence-electron chi connectivity index (χ0n) is 14.0. The molecule has 1 aromatic heterocycles. The van der Waals surface area contributed by atoms with Gasteiger partial charge in [-0.15, -0.1) is 0 Å². The SMILES string of the molecule is CCCC[C@@H](NC(=O)c1cc2c(OC)ccc(OC)c2[nH]1)C(=O)O. The first-order valence-corrected chi connectivity index (χ1v) is 7.79. The number of amides is 1. The highest BCUT2D eigenvalue weighted by molar-refractivity contribution is 6.02. The lowest BCUT2D eigenvalue weighted by Crippen LogP contribution is -2.40. The Morgan fingerprint density at radius 3 is 2.50 bits per heavy atom. The fourth-order valence-electron chi connectivity index (χ4n) is 2.54. The number of methoxy groups -OCH3 is 2. The minimum absolute atomic E-state index is 0.260. The smallest absolute Gasteiger partial charge is 0.326 e. The van der Waals surface area contributed by atoms with Crippen LogP contribution in [-0.4, -0.2) is 42.2 Å². The van der Waals surface area contributed by atoms with Crippen LogP contribution in [0.25, 0.3) is 10.9 Å². The molecule has 3 N–H and O–H groups in total. The van der Waals surface area contributed by atoms with Gasteiger partial charge >= 0.3 is 5.97 Å². The van der Waals surface area contributed by atoms with E-state index >= 15 is 0 Å². The van der Waals surface area contributed by atoms with Gasteiger partial charge in [0.2, 0.25) is 0 Å². The minimum Gasteiger partial charge on any atom is -0.496 e. The Bertz CT molecular complexity index is 697. The molecule has 0 radical (unpaired) electrons. The molecule has 0 fully saturated rings. The number of aromatic nitrogens is 1. The summed E-state index contributed by atoms with van der Waals surface area (Å²) in [4.78, 5) is 26.7. The second-order valence-electron chi connectivity index (χ2n) is 5.45. The maximum atomic E-state index is 12.4. The predicted octanol–water partition coefficient (Wildman–Crippen LogP) is 2.56. The van der Waals surface area contributed by atoms with E-state index in [1.165, 1.54) is 7.11 Å². The molecule has 0 aliphatic heterocycles. The Kier molecular flexibility index (Phi) is 5.68. The van der Waals surface area contributed by atoms with Crippen molar-refractivity contribution >= 4 is 22.8 Å². The second kappa shape index (κ2) is 7.72. The number of hydrogen-bond acceptors (Lipinski definition) is 4. The van der Waals surface area contributed by atoms with Gasteiger partial charge in [-0.25, -0.2) is 4.79 Å². The van der Waals surface area contributed by atoms with Crippen LogP contribution in [0.1, 0.15) is 36.7 Å². The molecule has 2 rings (SSSR count). The Hall–Kier alpha value is -2.70. The third-order valence-corrected chi connectivity index (χ3v) is 3.85. The largest absolute Gasteiger partial charge is 0.496 e. The summed E-state index contributed by atoms with van der Waals surface area (Å²) in [7, 11) is 3.08. The fraction of sp³-hybridized carbons (Fsp3) is 0.412. The van der Waals surface area contributed by atoms with Crippen molar-refractivity contribution in [2.45, 2.75) is 32.2 Å². The van der Waals surface area contributed by atoms with E-state index in [2.05, 4.69) is 10.3 Å². The summed E-state index contributed by atoms with van der Waals surface area (Å²) < 4.78 is 10.6. The summed E-state index contributed by atoms with van der Waals surface area (Å²) in [6.07, 6.45) is 1.98. The monoisotopic (exact) mass is 334 g/mol. The Morgan fingerprint density at radius 1 is 1.25 bits per heavy atom. The van der Waals surface area contributed by atoms with Gasteiger partial charge in [0.1, 0.15) is 23.2 Å². The van der Waals surface area contributed by atoms with Crippen LogP contribution in [0.15, 0.2) is 18.2 Å². The molecule has 0 saturated heterocycles. The van der Waals surface area contributed by atoms with Gasteiger partial charge in [-0.1, -0.05) is 19.8 Å². The predicted molar refractivity (Wildman–Crippen MR) is 89.8 cm³/mol. The van der Waals surface area contributed by atoms with Crippen molar-refractivity contribution in [2.75, 3.05) is 14.2 Å². The zero-order valence-corrected chi connectivity index (χ0v) is 14.0. The molecule has 0 bridgehead atoms. The van der Waals surface area contributed by atoms with Gasteiger partial charge in [-0.2, -0.15) is 0 Å². The van der Waals surface area contributed by atoms with Crippen molar-refractivity contribution in [3.8, 4) is 11.5 Å². The van der Waals surface area contributed by atoms with E-state index in [0.29, 0.717) is 28.8 Å². The normalized spacial score (nSPS) is 12.0. The fourth-order valence-corrected chi connectivity index (χ4v) is 2.54. The van der Waals surface area contributed by atoms with Gasteiger partial charge in [-0.05, 0) is 24.6 Å². The van der Waals surface area contributed by atoms with Crippen LogP contribution in [0.2, 0.25) is 0 Å². The molecule has 0 aliphatic carbocycles. The average molecular weight is 334 g/mol. The first kappa shape index (κ1) is 17.7. The molecule has 1 atom stereocenters. The van der Waals surface area contributed by atoms with Crippen molar-refractivity contribution in [1.29, 1.82) is 0 Å². The highest BCUT2D eigenvalue weighted by Crippen LogP contribution is 2.33. The Morgan fingerprint density at radius 2 is 1.92 bits per heavy atom. The first-order valence-electron chi connectivity index (χ1n) is 7.79. The van der Waals surface area contributed by atoms with Gasteiger partial charge in [0.25, 0.3) is 5.91 Å². The number of aromatic amines is 1. The number of unbranched alkanes of at least 4 members (excludes halogenated alkanes) is 1. The first-order chi connectivity index (χ1) is 11.5. The number of hydrogen-bond donors (Lipinski definition) is 3. The van der Waals surface area contributed by atoms with Crippen molar-refractivity contribution < 1.29 is 24.2 Å². The maximum absolute atomic E-state index is 12.4. The molecule has 0 spiro atoms. The molecule has 130 valence electrons. The van der Waals surface area contributed by atoms with Gasteiger partial charge in [-0.3, -0.25) is 4.79 Å². The molecule has 0 saturated carbocycles. The van der Waals surface area contributed by atoms with E-state index in [9.17, 15) is 14.7 Å². The number of aliphatic carboxylic acids is 1. The maximum Gasteiger partial charge on any atom is 0.326 e. The summed E-state index contributed by atoms with van der Waals surface area (Å²) in [5.41, 5.74) is 0.887. The number of carboxylic acid groups (broad SMARTS) is 1. The van der Waals surface area contributed by atoms with Gasteiger partial charge in [0, 0.05) is 5.39 Å². The summed E-state index contributed by atoms with van der Waals surface area (Å²) in [5, 5.41) is 12.5. The second-order valence-corrected chi connectivity index (χ2v) is 5.45. The van der Waals surface area contributed by atoms with Crippen LogP contribution in [0.5, 0.6) is 11.5 Å². The number of carbonyl (C=O) groups is 2. The number of H-pyrrole nitrogens is 1. The lowest BCUT2D eigenvalue weighted by atomic mass is 10.1. The Labute approximate surface area is 140 Å². The van der Waals surface area contributed by atoms with Gasteiger partial charge in [0.15, 0.2) is 0 Å². The molecule has 0 aliphatic rings. The summed E-state index contributed by atoms with van der Waals surface area (Å²) in [6.45, 7) is 1.97. The van der Waals surface area contributed by atoms with Crippen LogP contribution in [0.4, 0.5) is 0 Å². The van der Waals surface area contributed by atoms with E-state index < -0.39 is 17.9 Å². The summed E-state index contributed by atoms with van der Waals surface area (Å²) >= 11 is 0. The van der Waals surface area contributed by atoms with Gasteiger partial charge in [0.05, 0.1) is 19.7 Å². The van der Waals surface area contributed by atoms with Crippen LogP contribution in [0, 0.1) is 0 Å². The number of ether oxygens (including phenoxy) is 2. The summed E-state index contributed by atoms with van der Waals surface area (Å²) in [5.74, 6) is -0.339. The van der Waals surface area contributed by atoms with Crippen molar-refractivity contribution in [3.63, 3.8) is 0 Å². The number of nitrogens with one attached hydrogen (secondary N) is 2. The highest BCUT2D eigenvalue weighted by Gasteiger charge is 2.22. The van der Waals surface area contributed by atoms with Crippen molar-refractivity contribution in [1.82, 2.24) is 10.3 Å². The van der Waals surface area contributed by atoms with E-state index in [1.54, 1.807) is 25.3 Å². The topological polar surface area (TPSA) is 101 Å². The number of rotatable bonds is 8. The van der Waals surface area contributed by atoms with Crippen molar-refractivity contribution in [2.24, 2.45) is 0 Å². The van der Waals surface area contributed by atoms with Gasteiger partial charge < -0.3 is 24.9 Å².